The van der Waals surface area contributed by atoms with E-state index < -0.39 is 55.7 Å². The van der Waals surface area contributed by atoms with Crippen molar-refractivity contribution in [1.82, 2.24) is 14.6 Å². The fraction of sp³-hybridized carbons (Fsp3) is 0.400. The maximum atomic E-state index is 15.7. The topological polar surface area (TPSA) is 164 Å². The number of carbonyl (C=O) groups is 1. The average Bonchev–Trinajstić information content (AvgIpc) is 3.12. The standard InChI is InChI=1S/C25H30FN4O8P/c1-14(22(32)35-4)29-39(34,38-18-11-7-9-16-8-5-6-10-17(16)18)37-15(2)20-21(31)25(3,26)23(36-20)30-13-12-19(27)28-24(30)33/h5-15,20-21,23,31H,1-4H3,(H,29,34)(H2,27,28,33)/t14?,15?,20-,21+,23-,25?,39?/m1/s1. The first-order valence-corrected chi connectivity index (χ1v) is 13.6. The Balaban J connectivity index is 1.64. The predicted octanol–water partition coefficient (Wildman–Crippen LogP) is 2.71. The van der Waals surface area contributed by atoms with Gasteiger partial charge in [-0.05, 0) is 38.3 Å². The van der Waals surface area contributed by atoms with E-state index in [1.54, 1.807) is 24.3 Å². The smallest absolute Gasteiger partial charge is 0.459 e. The Morgan fingerprint density at radius 2 is 1.95 bits per heavy atom. The molecular weight excluding hydrogens is 534 g/mol. The second kappa shape index (κ2) is 11.0. The summed E-state index contributed by atoms with van der Waals surface area (Å²) in [4.78, 5) is 28.0. The summed E-state index contributed by atoms with van der Waals surface area (Å²) in [5, 5.41) is 14.8. The molecule has 0 saturated carbocycles. The van der Waals surface area contributed by atoms with Gasteiger partial charge in [-0.15, -0.1) is 0 Å². The fourth-order valence-corrected chi connectivity index (χ4v) is 6.07. The number of hydrogen-bond donors (Lipinski definition) is 3. The Morgan fingerprint density at radius 1 is 1.26 bits per heavy atom. The van der Waals surface area contributed by atoms with Crippen LogP contribution in [0, 0.1) is 0 Å². The molecule has 0 aliphatic carbocycles. The molecule has 1 aliphatic heterocycles. The maximum Gasteiger partial charge on any atom is 0.459 e. The number of nitrogens with two attached hydrogens (primary N) is 1. The number of esters is 1. The van der Waals surface area contributed by atoms with Crippen molar-refractivity contribution < 1.29 is 37.4 Å². The third kappa shape index (κ3) is 5.82. The molecule has 210 valence electrons. The summed E-state index contributed by atoms with van der Waals surface area (Å²) in [6.07, 6.45) is -4.89. The van der Waals surface area contributed by atoms with Crippen LogP contribution in [0.15, 0.2) is 59.5 Å². The van der Waals surface area contributed by atoms with E-state index >= 15 is 4.39 Å². The van der Waals surface area contributed by atoms with Crippen molar-refractivity contribution >= 4 is 30.3 Å². The van der Waals surface area contributed by atoms with Gasteiger partial charge in [-0.2, -0.15) is 10.1 Å². The molecule has 1 aliphatic rings. The minimum Gasteiger partial charge on any atom is -0.468 e. The van der Waals surface area contributed by atoms with E-state index in [1.165, 1.54) is 33.2 Å². The lowest BCUT2D eigenvalue weighted by Gasteiger charge is -2.29. The van der Waals surface area contributed by atoms with Crippen LogP contribution >= 0.6 is 7.75 Å². The van der Waals surface area contributed by atoms with Crippen molar-refractivity contribution in [2.45, 2.75) is 57.0 Å². The fourth-order valence-electron chi connectivity index (χ4n) is 4.36. The van der Waals surface area contributed by atoms with Crippen LogP contribution in [0.2, 0.25) is 0 Å². The highest BCUT2D eigenvalue weighted by Gasteiger charge is 2.57. The van der Waals surface area contributed by atoms with Gasteiger partial charge in [0.2, 0.25) is 0 Å². The lowest BCUT2D eigenvalue weighted by Crippen LogP contribution is -2.45. The number of methoxy groups -OCH3 is 1. The molecule has 4 rings (SSSR count). The van der Waals surface area contributed by atoms with Gasteiger partial charge in [0.05, 0.1) is 13.2 Å². The van der Waals surface area contributed by atoms with Crippen LogP contribution in [0.4, 0.5) is 10.2 Å². The minimum absolute atomic E-state index is 0.0686. The summed E-state index contributed by atoms with van der Waals surface area (Å²) < 4.78 is 52.7. The number of hydrogen-bond acceptors (Lipinski definition) is 10. The van der Waals surface area contributed by atoms with Gasteiger partial charge in [0, 0.05) is 11.6 Å². The Bertz CT molecular complexity index is 1460. The number of carbonyl (C=O) groups excluding carboxylic acids is 1. The molecule has 0 spiro atoms. The van der Waals surface area contributed by atoms with Crippen LogP contribution in [0.5, 0.6) is 5.75 Å². The van der Waals surface area contributed by atoms with E-state index in [9.17, 15) is 19.3 Å². The molecule has 2 aromatic carbocycles. The normalized spacial score (nSPS) is 26.1. The van der Waals surface area contributed by atoms with Crippen LogP contribution in [-0.2, 0) is 23.4 Å². The second-order valence-corrected chi connectivity index (χ2v) is 11.0. The Hall–Kier alpha value is -3.35. The number of ether oxygens (including phenoxy) is 2. The number of fused-ring (bicyclic) bond motifs is 1. The monoisotopic (exact) mass is 564 g/mol. The van der Waals surface area contributed by atoms with Crippen molar-refractivity contribution in [1.29, 1.82) is 0 Å². The quantitative estimate of drug-likeness (QED) is 0.259. The number of aliphatic hydroxyl groups is 1. The molecule has 4 N–H and O–H groups in total. The van der Waals surface area contributed by atoms with Crippen molar-refractivity contribution in [3.63, 3.8) is 0 Å². The van der Waals surface area contributed by atoms with Crippen LogP contribution in [0.25, 0.3) is 10.8 Å². The molecule has 7 atom stereocenters. The number of aromatic nitrogens is 2. The van der Waals surface area contributed by atoms with E-state index in [-0.39, 0.29) is 11.6 Å². The molecule has 0 bridgehead atoms. The van der Waals surface area contributed by atoms with E-state index in [4.69, 9.17) is 24.3 Å². The molecule has 14 heteroatoms. The number of alkyl halides is 1. The van der Waals surface area contributed by atoms with Crippen LogP contribution in [0.3, 0.4) is 0 Å². The molecule has 12 nitrogen and oxygen atoms in total. The van der Waals surface area contributed by atoms with Gasteiger partial charge < -0.3 is 24.8 Å². The second-order valence-electron chi connectivity index (χ2n) is 9.34. The third-order valence-electron chi connectivity index (χ3n) is 6.40. The number of rotatable bonds is 9. The highest BCUT2D eigenvalue weighted by Crippen LogP contribution is 2.50. The Kier molecular flexibility index (Phi) is 8.10. The summed E-state index contributed by atoms with van der Waals surface area (Å²) in [6, 6.07) is 12.4. The van der Waals surface area contributed by atoms with Gasteiger partial charge in [-0.25, -0.2) is 13.8 Å². The zero-order chi connectivity index (χ0) is 28.5. The van der Waals surface area contributed by atoms with Crippen LogP contribution < -0.4 is 21.0 Å². The number of benzene rings is 2. The Labute approximate surface area is 223 Å². The summed E-state index contributed by atoms with van der Waals surface area (Å²) in [7, 11) is -3.25. The van der Waals surface area contributed by atoms with Crippen molar-refractivity contribution in [2.75, 3.05) is 12.8 Å². The van der Waals surface area contributed by atoms with E-state index in [0.29, 0.717) is 5.39 Å². The van der Waals surface area contributed by atoms with E-state index in [2.05, 4.69) is 10.1 Å². The molecule has 4 unspecified atom stereocenters. The first kappa shape index (κ1) is 28.7. The number of nitrogens with zero attached hydrogens (tertiary/aromatic N) is 2. The Morgan fingerprint density at radius 3 is 2.64 bits per heavy atom. The highest BCUT2D eigenvalue weighted by molar-refractivity contribution is 7.52. The van der Waals surface area contributed by atoms with Crippen molar-refractivity contribution in [3.8, 4) is 5.75 Å². The zero-order valence-corrected chi connectivity index (χ0v) is 22.6. The lowest BCUT2D eigenvalue weighted by atomic mass is 9.96. The van der Waals surface area contributed by atoms with Gasteiger partial charge in [-0.3, -0.25) is 13.9 Å². The average molecular weight is 565 g/mol. The number of anilines is 1. The molecule has 39 heavy (non-hydrogen) atoms. The third-order valence-corrected chi connectivity index (χ3v) is 8.16. The van der Waals surface area contributed by atoms with Crippen LogP contribution in [-0.4, -0.2) is 57.8 Å². The van der Waals surface area contributed by atoms with Gasteiger partial charge in [0.15, 0.2) is 11.9 Å². The molecule has 0 amide bonds. The molecule has 1 saturated heterocycles. The van der Waals surface area contributed by atoms with Crippen molar-refractivity contribution in [3.05, 3.63) is 65.2 Å². The summed E-state index contributed by atoms with van der Waals surface area (Å²) in [5.74, 6) is -0.619. The molecule has 1 aromatic heterocycles. The minimum atomic E-state index is -4.42. The number of aliphatic hydroxyl groups excluding tert-OH is 1. The number of nitrogen functional groups attached to an aromatic ring is 1. The summed E-state index contributed by atoms with van der Waals surface area (Å²) >= 11 is 0. The summed E-state index contributed by atoms with van der Waals surface area (Å²) in [6.45, 7) is 3.84. The first-order chi connectivity index (χ1) is 18.4. The van der Waals surface area contributed by atoms with Crippen molar-refractivity contribution in [2.24, 2.45) is 0 Å². The predicted molar refractivity (Wildman–Crippen MR) is 140 cm³/mol. The van der Waals surface area contributed by atoms with Crippen LogP contribution in [0.1, 0.15) is 27.0 Å². The van der Waals surface area contributed by atoms with Gasteiger partial charge in [0.25, 0.3) is 0 Å². The molecule has 2 heterocycles. The highest BCUT2D eigenvalue weighted by atomic mass is 31.2. The van der Waals surface area contributed by atoms with Gasteiger partial charge in [0.1, 0.15) is 29.8 Å². The summed E-state index contributed by atoms with van der Waals surface area (Å²) in [5.41, 5.74) is 2.16. The maximum absolute atomic E-state index is 15.7. The molecule has 0 radical (unpaired) electrons. The van der Waals surface area contributed by atoms with E-state index in [1.807, 2.05) is 18.2 Å². The lowest BCUT2D eigenvalue weighted by molar-refractivity contribution is -0.142. The van der Waals surface area contributed by atoms with Gasteiger partial charge in [-0.1, -0.05) is 36.4 Å². The molecule has 1 fully saturated rings. The SMILES string of the molecule is COC(=O)C(C)NP(=O)(Oc1cccc2ccccc12)OC(C)[C@H]1O[C@@H](n2ccc(N)nc2=O)C(C)(F)[C@H]1O. The van der Waals surface area contributed by atoms with Gasteiger partial charge >= 0.3 is 19.4 Å². The van der Waals surface area contributed by atoms with E-state index in [0.717, 1.165) is 16.9 Å². The number of nitrogens with one attached hydrogen (secondary N) is 1. The first-order valence-electron chi connectivity index (χ1n) is 12.0. The zero-order valence-electron chi connectivity index (χ0n) is 21.7. The molecule has 3 aromatic rings. The number of halogens is 1. The molecular formula is C25H30FN4O8P. The largest absolute Gasteiger partial charge is 0.468 e.